The molecule has 0 spiro atoms. The number of allylic oxidation sites excluding steroid dienone is 16. The van der Waals surface area contributed by atoms with Crippen LogP contribution in [0.3, 0.4) is 0 Å². The molecule has 0 bridgehead atoms. The SMILES string of the molecule is CC/C=C\C/C=C\C/C=C\C/C=C\C/C=C\C/C=C\C/C=C\C/C=C\CCCCCCC(=O)OC(COC(=O)CCCCCCCCCCCCCCCCCCCCCCCCCCCCCCC)COP(=O)(O)OCCN. The molecule has 0 rings (SSSR count). The highest BCUT2D eigenvalue weighted by atomic mass is 31.2. The Morgan fingerprint density at radius 1 is 0.392 bits per heavy atom. The number of hydrogen-bond acceptors (Lipinski definition) is 8. The molecule has 2 atom stereocenters. The quantitative estimate of drug-likeness (QED) is 0.0264. The normalized spacial score (nSPS) is 13.6. The van der Waals surface area contributed by atoms with E-state index < -0.39 is 26.5 Å². The van der Waals surface area contributed by atoms with Crippen molar-refractivity contribution in [1.29, 1.82) is 0 Å². The molecule has 0 saturated carbocycles. The summed E-state index contributed by atoms with van der Waals surface area (Å²) in [6, 6.07) is 0. The number of unbranched alkanes of at least 4 members (excludes halogenated alkanes) is 32. The van der Waals surface area contributed by atoms with E-state index in [-0.39, 0.29) is 38.6 Å². The molecule has 0 amide bonds. The molecule has 79 heavy (non-hydrogen) atoms. The minimum absolute atomic E-state index is 0.0452. The van der Waals surface area contributed by atoms with Gasteiger partial charge in [-0.25, -0.2) is 4.57 Å². The molecule has 0 saturated heterocycles. The van der Waals surface area contributed by atoms with Crippen molar-refractivity contribution in [3.8, 4) is 0 Å². The summed E-state index contributed by atoms with van der Waals surface area (Å²) in [4.78, 5) is 35.3. The minimum atomic E-state index is -4.40. The third kappa shape index (κ3) is 64.0. The van der Waals surface area contributed by atoms with Crippen LogP contribution in [0.15, 0.2) is 97.2 Å². The molecule has 2 unspecified atom stereocenters. The first-order valence-corrected chi connectivity index (χ1v) is 34.2. The van der Waals surface area contributed by atoms with E-state index in [1.165, 1.54) is 167 Å². The van der Waals surface area contributed by atoms with Gasteiger partial charge in [0.25, 0.3) is 0 Å². The molecule has 9 nitrogen and oxygen atoms in total. The summed E-state index contributed by atoms with van der Waals surface area (Å²) in [5.41, 5.74) is 5.39. The highest BCUT2D eigenvalue weighted by molar-refractivity contribution is 7.47. The van der Waals surface area contributed by atoms with Crippen LogP contribution < -0.4 is 5.73 Å². The first-order valence-electron chi connectivity index (χ1n) is 32.7. The van der Waals surface area contributed by atoms with Gasteiger partial charge in [-0.3, -0.25) is 18.6 Å². The second-order valence-corrected chi connectivity index (χ2v) is 23.1. The number of rotatable bonds is 61. The number of carbonyl (C=O) groups excluding carboxylic acids is 2. The number of carbonyl (C=O) groups is 2. The Balaban J connectivity index is 3.98. The van der Waals surface area contributed by atoms with Gasteiger partial charge in [0.1, 0.15) is 6.61 Å². The molecule has 0 heterocycles. The summed E-state index contributed by atoms with van der Waals surface area (Å²) >= 11 is 0. The average molecular weight is 1120 g/mol. The molecule has 0 aliphatic rings. The summed E-state index contributed by atoms with van der Waals surface area (Å²) < 4.78 is 33.1. The Morgan fingerprint density at radius 3 is 1.04 bits per heavy atom. The van der Waals surface area contributed by atoms with Crippen molar-refractivity contribution in [2.24, 2.45) is 5.73 Å². The number of esters is 2. The molecular weight excluding hydrogens is 1000 g/mol. The summed E-state index contributed by atoms with van der Waals surface area (Å²) in [5, 5.41) is 0. The maximum absolute atomic E-state index is 12.7. The van der Waals surface area contributed by atoms with E-state index in [2.05, 4.69) is 111 Å². The summed E-state index contributed by atoms with van der Waals surface area (Å²) in [7, 11) is -4.40. The van der Waals surface area contributed by atoms with Gasteiger partial charge in [0.15, 0.2) is 6.10 Å². The Kier molecular flexibility index (Phi) is 61.6. The predicted octanol–water partition coefficient (Wildman–Crippen LogP) is 21.2. The first kappa shape index (κ1) is 75.9. The molecule has 0 aromatic carbocycles. The fraction of sp³-hybridized carbons (Fsp3) is 0.739. The highest BCUT2D eigenvalue weighted by Crippen LogP contribution is 2.43. The maximum atomic E-state index is 12.7. The number of phosphoric ester groups is 1. The third-order valence-corrected chi connectivity index (χ3v) is 15.0. The van der Waals surface area contributed by atoms with E-state index in [4.69, 9.17) is 24.3 Å². The van der Waals surface area contributed by atoms with Crippen LogP contribution in [0.25, 0.3) is 0 Å². The molecule has 0 aliphatic heterocycles. The number of hydrogen-bond donors (Lipinski definition) is 2. The molecule has 10 heteroatoms. The van der Waals surface area contributed by atoms with Crippen molar-refractivity contribution in [2.45, 2.75) is 302 Å². The Labute approximate surface area is 486 Å². The molecule has 3 N–H and O–H groups in total. The van der Waals surface area contributed by atoms with E-state index in [0.717, 1.165) is 96.3 Å². The lowest BCUT2D eigenvalue weighted by atomic mass is 10.0. The van der Waals surface area contributed by atoms with Crippen LogP contribution in [-0.4, -0.2) is 49.3 Å². The van der Waals surface area contributed by atoms with Crippen LogP contribution >= 0.6 is 7.82 Å². The van der Waals surface area contributed by atoms with E-state index in [1.54, 1.807) is 0 Å². The van der Waals surface area contributed by atoms with Gasteiger partial charge in [-0.15, -0.1) is 0 Å². The lowest BCUT2D eigenvalue weighted by molar-refractivity contribution is -0.161. The summed E-state index contributed by atoms with van der Waals surface area (Å²) in [5.74, 6) is -0.851. The zero-order valence-corrected chi connectivity index (χ0v) is 52.0. The molecule has 0 aliphatic carbocycles. The monoisotopic (exact) mass is 1120 g/mol. The van der Waals surface area contributed by atoms with Gasteiger partial charge in [-0.2, -0.15) is 0 Å². The smallest absolute Gasteiger partial charge is 0.462 e. The largest absolute Gasteiger partial charge is 0.472 e. The second-order valence-electron chi connectivity index (χ2n) is 21.6. The van der Waals surface area contributed by atoms with Crippen molar-refractivity contribution in [3.05, 3.63) is 97.2 Å². The standard InChI is InChI=1S/C69H122NO8P/c1-3-5-7-9-11-13-15-17-19-21-23-25-27-29-31-33-35-37-39-41-43-45-47-49-51-53-55-57-59-61-68(71)75-65-67(66-77-79(73,74)76-64-63-70)78-69(72)62-60-58-56-54-52-50-48-46-44-42-40-38-36-34-32-30-28-26-24-22-20-18-16-14-12-10-8-6-4-2/h6,8,12,14,18,20,24,26,30,32,36,38,42,44,48,50,67H,3-5,7,9-11,13,15-17,19,21-23,25,27-29,31,33-35,37,39-41,43,45-47,49,51-66,70H2,1-2H3,(H,73,74)/b8-6-,14-12-,20-18-,26-24-,32-30-,38-36-,44-42-,50-48-. The fourth-order valence-corrected chi connectivity index (χ4v) is 9.95. The molecule has 0 aromatic heterocycles. The van der Waals surface area contributed by atoms with Gasteiger partial charge in [0.2, 0.25) is 0 Å². The van der Waals surface area contributed by atoms with E-state index in [1.807, 2.05) is 0 Å². The number of phosphoric acid groups is 1. The lowest BCUT2D eigenvalue weighted by Gasteiger charge is -2.19. The van der Waals surface area contributed by atoms with E-state index >= 15 is 0 Å². The van der Waals surface area contributed by atoms with E-state index in [9.17, 15) is 19.0 Å². The van der Waals surface area contributed by atoms with Gasteiger partial charge < -0.3 is 20.1 Å². The Morgan fingerprint density at radius 2 is 0.696 bits per heavy atom. The number of ether oxygens (including phenoxy) is 2. The van der Waals surface area contributed by atoms with Crippen LogP contribution in [0.1, 0.15) is 296 Å². The zero-order valence-electron chi connectivity index (χ0n) is 51.1. The van der Waals surface area contributed by atoms with Crippen molar-refractivity contribution in [2.75, 3.05) is 26.4 Å². The summed E-state index contributed by atoms with van der Waals surface area (Å²) in [6.07, 6.45) is 86.3. The van der Waals surface area contributed by atoms with Gasteiger partial charge in [0, 0.05) is 19.4 Å². The third-order valence-electron chi connectivity index (χ3n) is 14.0. The minimum Gasteiger partial charge on any atom is -0.462 e. The first-order chi connectivity index (χ1) is 38.8. The van der Waals surface area contributed by atoms with Crippen molar-refractivity contribution in [3.63, 3.8) is 0 Å². The van der Waals surface area contributed by atoms with Crippen molar-refractivity contribution >= 4 is 19.8 Å². The number of nitrogens with two attached hydrogens (primary N) is 1. The van der Waals surface area contributed by atoms with Gasteiger partial charge in [0.05, 0.1) is 13.2 Å². The van der Waals surface area contributed by atoms with E-state index in [0.29, 0.717) is 6.42 Å². The van der Waals surface area contributed by atoms with Crippen LogP contribution in [0.2, 0.25) is 0 Å². The van der Waals surface area contributed by atoms with Crippen LogP contribution in [-0.2, 0) is 32.7 Å². The van der Waals surface area contributed by atoms with Gasteiger partial charge in [-0.05, 0) is 77.0 Å². The van der Waals surface area contributed by atoms with Crippen LogP contribution in [0, 0.1) is 0 Å². The summed E-state index contributed by atoms with van der Waals surface area (Å²) in [6.45, 7) is 3.63. The Hall–Kier alpha value is -3.07. The topological polar surface area (TPSA) is 134 Å². The molecule has 0 aromatic rings. The lowest BCUT2D eigenvalue weighted by Crippen LogP contribution is -2.29. The molecule has 456 valence electrons. The second kappa shape index (κ2) is 64.1. The van der Waals surface area contributed by atoms with Crippen molar-refractivity contribution < 1.29 is 37.6 Å². The molecule has 0 radical (unpaired) electrons. The predicted molar refractivity (Wildman–Crippen MR) is 339 cm³/mol. The van der Waals surface area contributed by atoms with Crippen LogP contribution in [0.4, 0.5) is 0 Å². The van der Waals surface area contributed by atoms with Gasteiger partial charge in [-0.1, -0.05) is 304 Å². The zero-order chi connectivity index (χ0) is 57.3. The maximum Gasteiger partial charge on any atom is 0.472 e. The fourth-order valence-electron chi connectivity index (χ4n) is 9.18. The van der Waals surface area contributed by atoms with Crippen LogP contribution in [0.5, 0.6) is 0 Å². The Bertz CT molecular complexity index is 1610. The average Bonchev–Trinajstić information content (AvgIpc) is 3.44. The van der Waals surface area contributed by atoms with Crippen molar-refractivity contribution in [1.82, 2.24) is 0 Å². The van der Waals surface area contributed by atoms with Gasteiger partial charge >= 0.3 is 19.8 Å². The molecular formula is C69H122NO8P. The highest BCUT2D eigenvalue weighted by Gasteiger charge is 2.26. The molecule has 0 fully saturated rings.